The topological polar surface area (TPSA) is 79.3 Å². The molecular weight excluding hydrogens is 381 g/mol. The predicted octanol–water partition coefficient (Wildman–Crippen LogP) is 4.13. The van der Waals surface area contributed by atoms with E-state index in [2.05, 4.69) is 6.07 Å². The SMILES string of the molecule is CN1C(N)=C(C#N)[C@@H](c2ccc(OCc3ccccc3F)cc2)C2=C1CCCC2=O. The lowest BCUT2D eigenvalue weighted by Gasteiger charge is -2.37. The van der Waals surface area contributed by atoms with E-state index in [1.165, 1.54) is 6.07 Å². The molecule has 0 spiro atoms. The highest BCUT2D eigenvalue weighted by Gasteiger charge is 2.38. The van der Waals surface area contributed by atoms with E-state index in [1.807, 2.05) is 12.1 Å². The van der Waals surface area contributed by atoms with Crippen LogP contribution < -0.4 is 10.5 Å². The maximum absolute atomic E-state index is 13.8. The summed E-state index contributed by atoms with van der Waals surface area (Å²) in [6.45, 7) is 0.115. The molecule has 6 heteroatoms. The Labute approximate surface area is 174 Å². The number of ketones is 1. The third kappa shape index (κ3) is 3.43. The first-order valence-corrected chi connectivity index (χ1v) is 9.87. The van der Waals surface area contributed by atoms with Crippen molar-refractivity contribution < 1.29 is 13.9 Å². The van der Waals surface area contributed by atoms with Gasteiger partial charge in [0, 0.05) is 30.3 Å². The van der Waals surface area contributed by atoms with Crippen LogP contribution >= 0.6 is 0 Å². The number of hydrogen-bond donors (Lipinski definition) is 1. The average Bonchev–Trinajstić information content (AvgIpc) is 2.76. The zero-order valence-electron chi connectivity index (χ0n) is 16.7. The first kappa shape index (κ1) is 19.7. The summed E-state index contributed by atoms with van der Waals surface area (Å²) in [4.78, 5) is 14.5. The van der Waals surface area contributed by atoms with Gasteiger partial charge in [0.2, 0.25) is 0 Å². The summed E-state index contributed by atoms with van der Waals surface area (Å²) in [5.41, 5.74) is 9.47. The molecule has 0 aromatic heterocycles. The van der Waals surface area contributed by atoms with Crippen LogP contribution in [-0.2, 0) is 11.4 Å². The van der Waals surface area contributed by atoms with E-state index in [9.17, 15) is 14.4 Å². The van der Waals surface area contributed by atoms with Gasteiger partial charge in [-0.3, -0.25) is 4.79 Å². The number of carbonyl (C=O) groups is 1. The van der Waals surface area contributed by atoms with E-state index in [-0.39, 0.29) is 18.2 Å². The second-order valence-electron chi connectivity index (χ2n) is 7.49. The zero-order chi connectivity index (χ0) is 21.3. The van der Waals surface area contributed by atoms with Gasteiger partial charge >= 0.3 is 0 Å². The van der Waals surface area contributed by atoms with Gasteiger partial charge in [0.1, 0.15) is 24.0 Å². The lowest BCUT2D eigenvalue weighted by atomic mass is 9.76. The van der Waals surface area contributed by atoms with Crippen LogP contribution in [-0.4, -0.2) is 17.7 Å². The van der Waals surface area contributed by atoms with Gasteiger partial charge < -0.3 is 15.4 Å². The number of halogens is 1. The Kier molecular flexibility index (Phi) is 5.28. The molecule has 30 heavy (non-hydrogen) atoms. The molecular formula is C24H22FN3O2. The van der Waals surface area contributed by atoms with Crippen LogP contribution in [0.2, 0.25) is 0 Å². The molecule has 1 atom stereocenters. The summed E-state index contributed by atoms with van der Waals surface area (Å²) in [5.74, 6) is 0.239. The molecule has 4 rings (SSSR count). The summed E-state index contributed by atoms with van der Waals surface area (Å²) in [7, 11) is 1.80. The lowest BCUT2D eigenvalue weighted by molar-refractivity contribution is -0.116. The zero-order valence-corrected chi connectivity index (χ0v) is 16.7. The van der Waals surface area contributed by atoms with Crippen LogP contribution in [0.4, 0.5) is 4.39 Å². The molecule has 0 saturated heterocycles. The van der Waals surface area contributed by atoms with Gasteiger partial charge in [-0.25, -0.2) is 4.39 Å². The third-order valence-electron chi connectivity index (χ3n) is 5.73. The number of carbonyl (C=O) groups excluding carboxylic acids is 1. The molecule has 0 radical (unpaired) electrons. The highest BCUT2D eigenvalue weighted by Crippen LogP contribution is 2.44. The fraction of sp³-hybridized carbons (Fsp3) is 0.250. The van der Waals surface area contributed by atoms with Gasteiger partial charge in [0.15, 0.2) is 5.78 Å². The number of hydrogen-bond acceptors (Lipinski definition) is 5. The van der Waals surface area contributed by atoms with Crippen molar-refractivity contribution in [3.63, 3.8) is 0 Å². The Hall–Kier alpha value is -3.59. The maximum atomic E-state index is 13.8. The lowest BCUT2D eigenvalue weighted by Crippen LogP contribution is -2.36. The summed E-state index contributed by atoms with van der Waals surface area (Å²) < 4.78 is 19.5. The molecule has 0 fully saturated rings. The number of Topliss-reactive ketones (excluding diaryl/α,β-unsaturated/α-hetero) is 1. The van der Waals surface area contributed by atoms with E-state index < -0.39 is 5.92 Å². The first-order chi connectivity index (χ1) is 14.5. The number of rotatable bonds is 4. The van der Waals surface area contributed by atoms with Gasteiger partial charge in [0.25, 0.3) is 0 Å². The standard InChI is InChI=1S/C24H22FN3O2/c1-28-20-7-4-8-21(29)23(20)22(18(13-26)24(28)27)15-9-11-17(12-10-15)30-14-16-5-2-3-6-19(16)25/h2-3,5-6,9-12,22H,4,7-8,14,27H2,1H3/t22-/m1/s1. The number of nitrogens with two attached hydrogens (primary N) is 1. The van der Waals surface area contributed by atoms with E-state index in [1.54, 1.807) is 42.3 Å². The summed E-state index contributed by atoms with van der Waals surface area (Å²) in [5, 5.41) is 9.77. The van der Waals surface area contributed by atoms with Crippen molar-refractivity contribution in [2.45, 2.75) is 31.8 Å². The molecule has 1 aliphatic carbocycles. The van der Waals surface area contributed by atoms with Crippen molar-refractivity contribution >= 4 is 5.78 Å². The number of nitrogens with zero attached hydrogens (tertiary/aromatic N) is 2. The molecule has 1 aliphatic heterocycles. The van der Waals surface area contributed by atoms with Crippen LogP contribution in [0, 0.1) is 17.1 Å². The highest BCUT2D eigenvalue weighted by molar-refractivity contribution is 5.99. The Morgan fingerprint density at radius 2 is 1.93 bits per heavy atom. The Bertz CT molecular complexity index is 1100. The normalized spacial score (nSPS) is 18.9. The fourth-order valence-corrected chi connectivity index (χ4v) is 4.13. The molecule has 0 unspecified atom stereocenters. The molecule has 0 amide bonds. The van der Waals surface area contributed by atoms with Crippen molar-refractivity contribution in [3.8, 4) is 11.8 Å². The molecule has 152 valence electrons. The van der Waals surface area contributed by atoms with Gasteiger partial charge in [-0.15, -0.1) is 0 Å². The Morgan fingerprint density at radius 3 is 2.63 bits per heavy atom. The number of nitriles is 1. The summed E-state index contributed by atoms with van der Waals surface area (Å²) in [6.07, 6.45) is 2.02. The molecule has 2 aromatic carbocycles. The second-order valence-corrected chi connectivity index (χ2v) is 7.49. The third-order valence-corrected chi connectivity index (χ3v) is 5.73. The average molecular weight is 403 g/mol. The molecule has 0 saturated carbocycles. The Morgan fingerprint density at radius 1 is 1.20 bits per heavy atom. The largest absolute Gasteiger partial charge is 0.489 e. The van der Waals surface area contributed by atoms with Crippen LogP contribution in [0.1, 0.15) is 36.3 Å². The van der Waals surface area contributed by atoms with Crippen LogP contribution in [0.15, 0.2) is 71.2 Å². The first-order valence-electron chi connectivity index (χ1n) is 9.87. The minimum atomic E-state index is -0.477. The summed E-state index contributed by atoms with van der Waals surface area (Å²) >= 11 is 0. The summed E-state index contributed by atoms with van der Waals surface area (Å²) in [6, 6.07) is 15.9. The second kappa shape index (κ2) is 8.03. The van der Waals surface area contributed by atoms with Crippen LogP contribution in [0.5, 0.6) is 5.75 Å². The van der Waals surface area contributed by atoms with Crippen LogP contribution in [0.25, 0.3) is 0 Å². The smallest absolute Gasteiger partial charge is 0.161 e. The number of ether oxygens (including phenoxy) is 1. The van der Waals surface area contributed by atoms with E-state index in [4.69, 9.17) is 10.5 Å². The Balaban J connectivity index is 1.63. The minimum absolute atomic E-state index is 0.0632. The fourth-order valence-electron chi connectivity index (χ4n) is 4.13. The van der Waals surface area contributed by atoms with Crippen molar-refractivity contribution in [1.29, 1.82) is 5.26 Å². The maximum Gasteiger partial charge on any atom is 0.161 e. The molecule has 5 nitrogen and oxygen atoms in total. The van der Waals surface area contributed by atoms with Gasteiger partial charge in [-0.05, 0) is 36.6 Å². The molecule has 2 aromatic rings. The van der Waals surface area contributed by atoms with Gasteiger partial charge in [-0.2, -0.15) is 5.26 Å². The van der Waals surface area contributed by atoms with Crippen molar-refractivity contribution in [3.05, 3.63) is 88.1 Å². The van der Waals surface area contributed by atoms with E-state index in [0.29, 0.717) is 34.7 Å². The quantitative estimate of drug-likeness (QED) is 0.830. The van der Waals surface area contributed by atoms with Gasteiger partial charge in [-0.1, -0.05) is 30.3 Å². The van der Waals surface area contributed by atoms with Crippen molar-refractivity contribution in [2.75, 3.05) is 7.05 Å². The van der Waals surface area contributed by atoms with Gasteiger partial charge in [0.05, 0.1) is 17.6 Å². The highest BCUT2D eigenvalue weighted by atomic mass is 19.1. The molecule has 2 aliphatic rings. The monoisotopic (exact) mass is 403 g/mol. The van der Waals surface area contributed by atoms with Crippen molar-refractivity contribution in [2.24, 2.45) is 5.73 Å². The van der Waals surface area contributed by atoms with E-state index in [0.717, 1.165) is 24.1 Å². The van der Waals surface area contributed by atoms with E-state index >= 15 is 0 Å². The van der Waals surface area contributed by atoms with Crippen LogP contribution in [0.3, 0.4) is 0 Å². The predicted molar refractivity (Wildman–Crippen MR) is 110 cm³/mol. The molecule has 0 bridgehead atoms. The minimum Gasteiger partial charge on any atom is -0.489 e. The molecule has 2 N–H and O–H groups in total. The number of benzene rings is 2. The van der Waals surface area contributed by atoms with Crippen molar-refractivity contribution in [1.82, 2.24) is 4.90 Å². The molecule has 1 heterocycles. The number of allylic oxidation sites excluding steroid dienone is 3.